The van der Waals surface area contributed by atoms with Crippen LogP contribution in [0.3, 0.4) is 0 Å². The number of hydrogen-bond acceptors (Lipinski definition) is 4. The van der Waals surface area contributed by atoms with Crippen molar-refractivity contribution in [2.75, 3.05) is 13.1 Å². The topological polar surface area (TPSA) is 68.1 Å². The van der Waals surface area contributed by atoms with Crippen molar-refractivity contribution in [3.8, 4) is 0 Å². The van der Waals surface area contributed by atoms with Gasteiger partial charge in [0.1, 0.15) is 12.1 Å². The van der Waals surface area contributed by atoms with Crippen molar-refractivity contribution in [2.24, 2.45) is 11.8 Å². The zero-order chi connectivity index (χ0) is 16.5. The fourth-order valence-electron chi connectivity index (χ4n) is 4.18. The van der Waals surface area contributed by atoms with Gasteiger partial charge in [-0.3, -0.25) is 9.59 Å². The van der Waals surface area contributed by atoms with Gasteiger partial charge in [0.05, 0.1) is 5.39 Å². The molecule has 0 spiro atoms. The fraction of sp³-hybridized carbons (Fsp3) is 0.556. The van der Waals surface area contributed by atoms with Crippen LogP contribution < -0.4 is 5.56 Å². The molecule has 1 saturated heterocycles. The van der Waals surface area contributed by atoms with Crippen LogP contribution in [0, 0.1) is 11.8 Å². The molecule has 126 valence electrons. The molecule has 0 bridgehead atoms. The number of hydrogen-bond donors (Lipinski definition) is 0. The van der Waals surface area contributed by atoms with E-state index in [1.54, 1.807) is 18.2 Å². The molecule has 2 aromatic rings. The van der Waals surface area contributed by atoms with E-state index in [-0.39, 0.29) is 18.0 Å². The number of piperidine rings is 1. The molecule has 0 radical (unpaired) electrons. The van der Waals surface area contributed by atoms with Crippen LogP contribution in [-0.4, -0.2) is 38.9 Å². The number of amides is 1. The van der Waals surface area contributed by atoms with Crippen LogP contribution in [0.1, 0.15) is 32.1 Å². The minimum absolute atomic E-state index is 0.0198. The molecule has 2 heterocycles. The fourth-order valence-corrected chi connectivity index (χ4v) is 4.18. The molecule has 2 atom stereocenters. The summed E-state index contributed by atoms with van der Waals surface area (Å²) in [5.74, 6) is 1.40. The molecular formula is C18H22N4O2. The maximum atomic E-state index is 12.6. The van der Waals surface area contributed by atoms with Gasteiger partial charge in [0, 0.05) is 13.1 Å². The first kappa shape index (κ1) is 15.3. The van der Waals surface area contributed by atoms with E-state index >= 15 is 0 Å². The lowest BCUT2D eigenvalue weighted by Gasteiger charge is -2.41. The van der Waals surface area contributed by atoms with Gasteiger partial charge in [0.15, 0.2) is 0 Å². The molecule has 1 amide bonds. The molecule has 1 aliphatic carbocycles. The molecule has 1 aliphatic heterocycles. The molecular weight excluding hydrogens is 304 g/mol. The van der Waals surface area contributed by atoms with Gasteiger partial charge in [-0.05, 0) is 36.8 Å². The Bertz CT molecular complexity index is 816. The highest BCUT2D eigenvalue weighted by Crippen LogP contribution is 2.36. The van der Waals surface area contributed by atoms with Crippen LogP contribution in [0.4, 0.5) is 0 Å². The predicted molar refractivity (Wildman–Crippen MR) is 90.4 cm³/mol. The summed E-state index contributed by atoms with van der Waals surface area (Å²) in [4.78, 5) is 27.0. The van der Waals surface area contributed by atoms with Gasteiger partial charge in [-0.1, -0.05) is 36.6 Å². The summed E-state index contributed by atoms with van der Waals surface area (Å²) < 4.78 is 1.19. The van der Waals surface area contributed by atoms with Gasteiger partial charge in [-0.15, -0.1) is 5.10 Å². The van der Waals surface area contributed by atoms with E-state index < -0.39 is 0 Å². The molecule has 0 unspecified atom stereocenters. The zero-order valence-corrected chi connectivity index (χ0v) is 13.7. The Morgan fingerprint density at radius 3 is 2.79 bits per heavy atom. The smallest absolute Gasteiger partial charge is 0.278 e. The molecule has 6 nitrogen and oxygen atoms in total. The zero-order valence-electron chi connectivity index (χ0n) is 13.7. The largest absolute Gasteiger partial charge is 0.341 e. The van der Waals surface area contributed by atoms with E-state index in [1.807, 2.05) is 11.0 Å². The van der Waals surface area contributed by atoms with E-state index in [0.29, 0.717) is 16.8 Å². The number of rotatable bonds is 2. The summed E-state index contributed by atoms with van der Waals surface area (Å²) in [5, 5.41) is 8.48. The SMILES string of the molecule is O=C(Cn1nnc2ccccc2c1=O)N1CC[C@H]2CCCC[C@@H]2C1. The van der Waals surface area contributed by atoms with Crippen molar-refractivity contribution in [1.82, 2.24) is 19.9 Å². The number of carbonyl (C=O) groups is 1. The van der Waals surface area contributed by atoms with Crippen molar-refractivity contribution >= 4 is 16.8 Å². The van der Waals surface area contributed by atoms with Crippen LogP contribution in [0.2, 0.25) is 0 Å². The van der Waals surface area contributed by atoms with Gasteiger partial charge < -0.3 is 4.90 Å². The third kappa shape index (κ3) is 2.81. The normalized spacial score (nSPS) is 23.9. The Morgan fingerprint density at radius 2 is 1.92 bits per heavy atom. The second-order valence-electron chi connectivity index (χ2n) is 7.00. The van der Waals surface area contributed by atoms with Crippen LogP contribution in [0.15, 0.2) is 29.1 Å². The first-order valence-electron chi connectivity index (χ1n) is 8.82. The second kappa shape index (κ2) is 6.34. The van der Waals surface area contributed by atoms with Crippen LogP contribution in [0.5, 0.6) is 0 Å². The summed E-state index contributed by atoms with van der Waals surface area (Å²) >= 11 is 0. The molecule has 1 aromatic heterocycles. The molecule has 24 heavy (non-hydrogen) atoms. The van der Waals surface area contributed by atoms with Gasteiger partial charge in [0.2, 0.25) is 5.91 Å². The Balaban J connectivity index is 1.50. The number of fused-ring (bicyclic) bond motifs is 2. The lowest BCUT2D eigenvalue weighted by atomic mass is 9.75. The quantitative estimate of drug-likeness (QED) is 0.844. The first-order valence-corrected chi connectivity index (χ1v) is 8.82. The summed E-state index contributed by atoms with van der Waals surface area (Å²) in [6, 6.07) is 7.09. The highest BCUT2D eigenvalue weighted by Gasteiger charge is 2.33. The molecule has 2 aliphatic rings. The summed E-state index contributed by atoms with van der Waals surface area (Å²) in [5.41, 5.74) is 0.315. The summed E-state index contributed by atoms with van der Waals surface area (Å²) in [6.45, 7) is 1.61. The highest BCUT2D eigenvalue weighted by molar-refractivity contribution is 5.78. The van der Waals surface area contributed by atoms with Crippen molar-refractivity contribution < 1.29 is 4.79 Å². The molecule has 6 heteroatoms. The van der Waals surface area contributed by atoms with E-state index in [0.717, 1.165) is 25.4 Å². The minimum Gasteiger partial charge on any atom is -0.341 e. The molecule has 4 rings (SSSR count). The van der Waals surface area contributed by atoms with E-state index in [2.05, 4.69) is 10.3 Å². The van der Waals surface area contributed by atoms with E-state index in [1.165, 1.54) is 30.4 Å². The average Bonchev–Trinajstić information content (AvgIpc) is 2.64. The lowest BCUT2D eigenvalue weighted by Crippen LogP contribution is -2.46. The third-order valence-corrected chi connectivity index (χ3v) is 5.56. The summed E-state index contributed by atoms with van der Waals surface area (Å²) in [6.07, 6.45) is 6.23. The van der Waals surface area contributed by atoms with Crippen molar-refractivity contribution in [3.63, 3.8) is 0 Å². The Labute approximate surface area is 140 Å². The van der Waals surface area contributed by atoms with Gasteiger partial charge in [-0.2, -0.15) is 0 Å². The molecule has 1 aromatic carbocycles. The monoisotopic (exact) mass is 326 g/mol. The minimum atomic E-state index is -0.249. The number of carbonyl (C=O) groups excluding carboxylic acids is 1. The number of likely N-dealkylation sites (tertiary alicyclic amines) is 1. The molecule has 0 N–H and O–H groups in total. The van der Waals surface area contributed by atoms with Crippen molar-refractivity contribution in [1.29, 1.82) is 0 Å². The van der Waals surface area contributed by atoms with Gasteiger partial charge in [-0.25, -0.2) is 4.68 Å². The molecule has 2 fully saturated rings. The van der Waals surface area contributed by atoms with Crippen molar-refractivity contribution in [2.45, 2.75) is 38.6 Å². The maximum Gasteiger partial charge on any atom is 0.278 e. The predicted octanol–water partition coefficient (Wildman–Crippen LogP) is 1.83. The molecule has 1 saturated carbocycles. The van der Waals surface area contributed by atoms with Crippen LogP contribution >= 0.6 is 0 Å². The maximum absolute atomic E-state index is 12.6. The number of nitrogens with zero attached hydrogens (tertiary/aromatic N) is 4. The standard InChI is InChI=1S/C18H22N4O2/c23-17(21-10-9-13-5-1-2-6-14(13)11-21)12-22-18(24)15-7-3-4-8-16(15)19-20-22/h3-4,7-8,13-14H,1-2,5-6,9-12H2/t13-,14-/m1/s1. The van der Waals surface area contributed by atoms with E-state index in [9.17, 15) is 9.59 Å². The first-order chi connectivity index (χ1) is 11.7. The number of benzene rings is 1. The highest BCUT2D eigenvalue weighted by atomic mass is 16.2. The Hall–Kier alpha value is -2.24. The Morgan fingerprint density at radius 1 is 1.12 bits per heavy atom. The lowest BCUT2D eigenvalue weighted by molar-refractivity contribution is -0.135. The van der Waals surface area contributed by atoms with Crippen LogP contribution in [-0.2, 0) is 11.3 Å². The van der Waals surface area contributed by atoms with Crippen molar-refractivity contribution in [3.05, 3.63) is 34.6 Å². The summed E-state index contributed by atoms with van der Waals surface area (Å²) in [7, 11) is 0. The van der Waals surface area contributed by atoms with Crippen LogP contribution in [0.25, 0.3) is 10.9 Å². The third-order valence-electron chi connectivity index (χ3n) is 5.56. The number of aromatic nitrogens is 3. The van der Waals surface area contributed by atoms with E-state index in [4.69, 9.17) is 0 Å². The second-order valence-corrected chi connectivity index (χ2v) is 7.00. The van der Waals surface area contributed by atoms with Gasteiger partial charge >= 0.3 is 0 Å². The van der Waals surface area contributed by atoms with Gasteiger partial charge in [0.25, 0.3) is 5.56 Å². The Kier molecular flexibility index (Phi) is 4.04. The average molecular weight is 326 g/mol.